The molecule has 0 saturated heterocycles. The van der Waals surface area contributed by atoms with E-state index in [1.807, 2.05) is 6.07 Å². The first kappa shape index (κ1) is 15.7. The Kier molecular flexibility index (Phi) is 4.21. The third-order valence-electron chi connectivity index (χ3n) is 3.63. The van der Waals surface area contributed by atoms with E-state index in [4.69, 9.17) is 8.94 Å². The monoisotopic (exact) mass is 347 g/mol. The molecule has 0 aromatic carbocycles. The Morgan fingerprint density at radius 2 is 2.00 bits per heavy atom. The number of furan rings is 1. The molecular formula is C18H13N5O3. The van der Waals surface area contributed by atoms with Crippen molar-refractivity contribution in [2.24, 2.45) is 0 Å². The molecule has 0 aliphatic carbocycles. The second kappa shape index (κ2) is 6.98. The lowest BCUT2D eigenvalue weighted by Crippen LogP contribution is -2.24. The van der Waals surface area contributed by atoms with Crippen LogP contribution in [0.3, 0.4) is 0 Å². The standard InChI is InChI=1S/C18H13N5O3/c24-18(13-9-16(26-23-13)12-3-1-5-19-10-12)22-11-14-17(21-7-6-20-14)15-4-2-8-25-15/h1-10H,11H2,(H,22,24). The molecule has 4 aromatic heterocycles. The zero-order valence-electron chi connectivity index (χ0n) is 13.5. The van der Waals surface area contributed by atoms with E-state index in [0.717, 1.165) is 5.56 Å². The van der Waals surface area contributed by atoms with E-state index in [2.05, 4.69) is 25.4 Å². The molecule has 0 aliphatic heterocycles. The summed E-state index contributed by atoms with van der Waals surface area (Å²) in [7, 11) is 0. The van der Waals surface area contributed by atoms with Crippen LogP contribution in [0, 0.1) is 0 Å². The van der Waals surface area contributed by atoms with E-state index in [9.17, 15) is 4.79 Å². The molecule has 128 valence electrons. The fourth-order valence-corrected chi connectivity index (χ4v) is 2.40. The zero-order chi connectivity index (χ0) is 17.8. The Morgan fingerprint density at radius 3 is 2.81 bits per heavy atom. The van der Waals surface area contributed by atoms with Crippen LogP contribution in [-0.4, -0.2) is 26.0 Å². The van der Waals surface area contributed by atoms with Crippen LogP contribution in [0.5, 0.6) is 0 Å². The average molecular weight is 347 g/mol. The summed E-state index contributed by atoms with van der Waals surface area (Å²) in [6, 6.07) is 8.72. The molecule has 0 radical (unpaired) electrons. The molecule has 0 spiro atoms. The number of rotatable bonds is 5. The van der Waals surface area contributed by atoms with E-state index < -0.39 is 0 Å². The highest BCUT2D eigenvalue weighted by atomic mass is 16.5. The van der Waals surface area contributed by atoms with Crippen molar-refractivity contribution in [2.75, 3.05) is 0 Å². The normalized spacial score (nSPS) is 10.6. The van der Waals surface area contributed by atoms with Crippen LogP contribution < -0.4 is 5.32 Å². The van der Waals surface area contributed by atoms with Crippen molar-refractivity contribution in [3.63, 3.8) is 0 Å². The lowest BCUT2D eigenvalue weighted by molar-refractivity contribution is 0.0941. The van der Waals surface area contributed by atoms with E-state index in [1.165, 1.54) is 0 Å². The molecular weight excluding hydrogens is 334 g/mol. The highest BCUT2D eigenvalue weighted by Crippen LogP contribution is 2.21. The van der Waals surface area contributed by atoms with Gasteiger partial charge in [0.15, 0.2) is 17.2 Å². The van der Waals surface area contributed by atoms with Crippen LogP contribution in [-0.2, 0) is 6.54 Å². The number of carbonyl (C=O) groups is 1. The Bertz CT molecular complexity index is 1010. The summed E-state index contributed by atoms with van der Waals surface area (Å²) in [6.45, 7) is 0.178. The van der Waals surface area contributed by atoms with Crippen LogP contribution in [0.15, 0.2) is 70.3 Å². The first-order chi connectivity index (χ1) is 12.8. The molecule has 0 aliphatic rings. The van der Waals surface area contributed by atoms with Crippen LogP contribution in [0.2, 0.25) is 0 Å². The number of aromatic nitrogens is 4. The lowest BCUT2D eigenvalue weighted by atomic mass is 10.2. The molecule has 0 atom stereocenters. The van der Waals surface area contributed by atoms with E-state index in [1.54, 1.807) is 55.3 Å². The van der Waals surface area contributed by atoms with Crippen LogP contribution in [0.4, 0.5) is 0 Å². The number of hydrogen-bond acceptors (Lipinski definition) is 7. The molecule has 8 nitrogen and oxygen atoms in total. The van der Waals surface area contributed by atoms with Gasteiger partial charge >= 0.3 is 0 Å². The lowest BCUT2D eigenvalue weighted by Gasteiger charge is -2.06. The van der Waals surface area contributed by atoms with Crippen LogP contribution in [0.1, 0.15) is 16.2 Å². The number of nitrogens with zero attached hydrogens (tertiary/aromatic N) is 4. The Morgan fingerprint density at radius 1 is 1.08 bits per heavy atom. The second-order valence-electron chi connectivity index (χ2n) is 5.33. The first-order valence-electron chi connectivity index (χ1n) is 7.80. The molecule has 1 N–H and O–H groups in total. The van der Waals surface area contributed by atoms with Gasteiger partial charge in [-0.25, -0.2) is 4.98 Å². The van der Waals surface area contributed by atoms with Crippen molar-refractivity contribution in [3.05, 3.63) is 72.8 Å². The quantitative estimate of drug-likeness (QED) is 0.591. The Hall–Kier alpha value is -3.81. The minimum absolute atomic E-state index is 0.173. The fourth-order valence-electron chi connectivity index (χ4n) is 2.40. The highest BCUT2D eigenvalue weighted by molar-refractivity contribution is 5.93. The first-order valence-corrected chi connectivity index (χ1v) is 7.80. The van der Waals surface area contributed by atoms with Gasteiger partial charge in [-0.2, -0.15) is 0 Å². The maximum absolute atomic E-state index is 12.3. The summed E-state index contributed by atoms with van der Waals surface area (Å²) in [5, 5.41) is 6.57. The number of pyridine rings is 1. The molecule has 4 heterocycles. The van der Waals surface area contributed by atoms with Crippen molar-refractivity contribution in [1.82, 2.24) is 25.4 Å². The molecule has 0 saturated carbocycles. The molecule has 0 unspecified atom stereocenters. The van der Waals surface area contributed by atoms with E-state index in [0.29, 0.717) is 22.9 Å². The van der Waals surface area contributed by atoms with Crippen molar-refractivity contribution in [2.45, 2.75) is 6.54 Å². The Balaban J connectivity index is 1.48. The fraction of sp³-hybridized carbons (Fsp3) is 0.0556. The zero-order valence-corrected chi connectivity index (χ0v) is 13.5. The topological polar surface area (TPSA) is 107 Å². The number of nitrogens with one attached hydrogen (secondary N) is 1. The van der Waals surface area contributed by atoms with Crippen molar-refractivity contribution in [3.8, 4) is 22.8 Å². The SMILES string of the molecule is O=C(NCc1nccnc1-c1ccco1)c1cc(-c2cccnc2)on1. The molecule has 26 heavy (non-hydrogen) atoms. The third-order valence-corrected chi connectivity index (χ3v) is 3.63. The van der Waals surface area contributed by atoms with Crippen LogP contribution in [0.25, 0.3) is 22.8 Å². The predicted molar refractivity (Wildman–Crippen MR) is 90.6 cm³/mol. The third kappa shape index (κ3) is 3.20. The van der Waals surface area contributed by atoms with E-state index in [-0.39, 0.29) is 18.1 Å². The summed E-state index contributed by atoms with van der Waals surface area (Å²) in [4.78, 5) is 24.9. The maximum atomic E-state index is 12.3. The molecule has 0 bridgehead atoms. The van der Waals surface area contributed by atoms with E-state index >= 15 is 0 Å². The Labute approximate surface area is 147 Å². The van der Waals surface area contributed by atoms with Gasteiger partial charge < -0.3 is 14.3 Å². The minimum Gasteiger partial charge on any atom is -0.463 e. The van der Waals surface area contributed by atoms with Gasteiger partial charge in [-0.1, -0.05) is 5.16 Å². The summed E-state index contributed by atoms with van der Waals surface area (Å²) in [5.41, 5.74) is 2.08. The van der Waals surface area contributed by atoms with Gasteiger partial charge in [0.25, 0.3) is 5.91 Å². The van der Waals surface area contributed by atoms with Gasteiger partial charge in [-0.05, 0) is 24.3 Å². The van der Waals surface area contributed by atoms with Gasteiger partial charge in [-0.15, -0.1) is 0 Å². The minimum atomic E-state index is -0.375. The molecule has 4 aromatic rings. The largest absolute Gasteiger partial charge is 0.463 e. The van der Waals surface area contributed by atoms with Crippen molar-refractivity contribution in [1.29, 1.82) is 0 Å². The molecule has 8 heteroatoms. The second-order valence-corrected chi connectivity index (χ2v) is 5.33. The van der Waals surface area contributed by atoms with Gasteiger partial charge in [-0.3, -0.25) is 14.8 Å². The number of carbonyl (C=O) groups excluding carboxylic acids is 1. The number of hydrogen-bond donors (Lipinski definition) is 1. The maximum Gasteiger partial charge on any atom is 0.273 e. The smallest absolute Gasteiger partial charge is 0.273 e. The molecule has 4 rings (SSSR count). The van der Waals surface area contributed by atoms with Gasteiger partial charge in [0.1, 0.15) is 5.69 Å². The summed E-state index contributed by atoms with van der Waals surface area (Å²) < 4.78 is 10.6. The average Bonchev–Trinajstić information content (AvgIpc) is 3.39. The number of amides is 1. The van der Waals surface area contributed by atoms with Crippen molar-refractivity contribution < 1.29 is 13.7 Å². The van der Waals surface area contributed by atoms with Gasteiger partial charge in [0.2, 0.25) is 0 Å². The van der Waals surface area contributed by atoms with Gasteiger partial charge in [0, 0.05) is 36.4 Å². The molecule has 0 fully saturated rings. The van der Waals surface area contributed by atoms with Crippen LogP contribution >= 0.6 is 0 Å². The predicted octanol–water partition coefficient (Wildman–Crippen LogP) is 2.72. The molecule has 1 amide bonds. The summed E-state index contributed by atoms with van der Waals surface area (Å²) in [5.74, 6) is 0.682. The van der Waals surface area contributed by atoms with Gasteiger partial charge in [0.05, 0.1) is 18.5 Å². The van der Waals surface area contributed by atoms with Crippen molar-refractivity contribution >= 4 is 5.91 Å². The summed E-state index contributed by atoms with van der Waals surface area (Å²) >= 11 is 0. The summed E-state index contributed by atoms with van der Waals surface area (Å²) in [6.07, 6.45) is 7.98. The highest BCUT2D eigenvalue weighted by Gasteiger charge is 2.16.